The summed E-state index contributed by atoms with van der Waals surface area (Å²) in [4.78, 5) is 0. The van der Waals surface area contributed by atoms with Crippen LogP contribution in [0.3, 0.4) is 0 Å². The van der Waals surface area contributed by atoms with Crippen molar-refractivity contribution >= 4 is 0 Å². The first kappa shape index (κ1) is 10.0. The van der Waals surface area contributed by atoms with Crippen LogP contribution in [0.5, 0.6) is 0 Å². The van der Waals surface area contributed by atoms with E-state index in [0.29, 0.717) is 0 Å². The minimum Gasteiger partial charge on any atom is -0.330 e. The van der Waals surface area contributed by atoms with Crippen LogP contribution in [0.4, 0.5) is 0 Å². The summed E-state index contributed by atoms with van der Waals surface area (Å²) in [6, 6.07) is 0. The van der Waals surface area contributed by atoms with Crippen LogP contribution in [0.1, 0.15) is 51.4 Å². The molecule has 0 bridgehead atoms. The third-order valence-corrected chi connectivity index (χ3v) is 2.98. The predicted molar refractivity (Wildman–Crippen MR) is 52.9 cm³/mol. The molecule has 1 rings (SSSR count). The highest BCUT2D eigenvalue weighted by Gasteiger charge is 2.27. The lowest BCUT2D eigenvalue weighted by atomic mass is 9.92. The number of nitrogens with two attached hydrogens (primary N) is 2. The molecule has 1 aliphatic rings. The first-order valence-electron chi connectivity index (χ1n) is 5.26. The lowest BCUT2D eigenvalue weighted by molar-refractivity contribution is 0.386. The molecule has 0 aliphatic heterocycles. The molecule has 1 saturated carbocycles. The molecule has 72 valence electrons. The van der Waals surface area contributed by atoms with E-state index in [4.69, 9.17) is 11.5 Å². The van der Waals surface area contributed by atoms with Crippen molar-refractivity contribution < 1.29 is 0 Å². The molecule has 0 aromatic heterocycles. The van der Waals surface area contributed by atoms with Gasteiger partial charge in [-0.2, -0.15) is 0 Å². The van der Waals surface area contributed by atoms with Crippen LogP contribution in [0.25, 0.3) is 0 Å². The van der Waals surface area contributed by atoms with E-state index in [1.54, 1.807) is 0 Å². The van der Waals surface area contributed by atoms with Crippen molar-refractivity contribution in [2.24, 2.45) is 11.5 Å². The summed E-state index contributed by atoms with van der Waals surface area (Å²) in [6.07, 6.45) is 10.1. The Balaban J connectivity index is 2.05. The molecule has 0 aromatic rings. The number of hydrogen-bond donors (Lipinski definition) is 2. The molecule has 0 heterocycles. The van der Waals surface area contributed by atoms with Crippen LogP contribution >= 0.6 is 0 Å². The zero-order valence-corrected chi connectivity index (χ0v) is 8.02. The SMILES string of the molecule is NCCCCCC1(N)CCCC1. The van der Waals surface area contributed by atoms with Gasteiger partial charge in [-0.1, -0.05) is 25.7 Å². The van der Waals surface area contributed by atoms with Crippen molar-refractivity contribution in [1.29, 1.82) is 0 Å². The van der Waals surface area contributed by atoms with Gasteiger partial charge in [-0.05, 0) is 32.2 Å². The molecule has 4 N–H and O–H groups in total. The van der Waals surface area contributed by atoms with Crippen molar-refractivity contribution in [2.75, 3.05) is 6.54 Å². The van der Waals surface area contributed by atoms with Crippen LogP contribution < -0.4 is 11.5 Å². The fourth-order valence-electron chi connectivity index (χ4n) is 2.13. The zero-order chi connectivity index (χ0) is 8.86. The predicted octanol–water partition coefficient (Wildman–Crippen LogP) is 1.78. The first-order chi connectivity index (χ1) is 5.77. The summed E-state index contributed by atoms with van der Waals surface area (Å²) in [5.74, 6) is 0. The van der Waals surface area contributed by atoms with Crippen LogP contribution in [-0.2, 0) is 0 Å². The monoisotopic (exact) mass is 170 g/mol. The summed E-state index contributed by atoms with van der Waals surface area (Å²) in [5, 5.41) is 0. The van der Waals surface area contributed by atoms with Gasteiger partial charge in [0.2, 0.25) is 0 Å². The molecule has 1 fully saturated rings. The first-order valence-corrected chi connectivity index (χ1v) is 5.26. The zero-order valence-electron chi connectivity index (χ0n) is 8.02. The normalized spacial score (nSPS) is 21.5. The van der Waals surface area contributed by atoms with Gasteiger partial charge in [-0.25, -0.2) is 0 Å². The topological polar surface area (TPSA) is 52.0 Å². The van der Waals surface area contributed by atoms with Gasteiger partial charge in [-0.3, -0.25) is 0 Å². The third kappa shape index (κ3) is 3.11. The maximum atomic E-state index is 6.21. The molecule has 0 amide bonds. The van der Waals surface area contributed by atoms with E-state index >= 15 is 0 Å². The van der Waals surface area contributed by atoms with Gasteiger partial charge in [0.1, 0.15) is 0 Å². The fourth-order valence-corrected chi connectivity index (χ4v) is 2.13. The quantitative estimate of drug-likeness (QED) is 0.618. The van der Waals surface area contributed by atoms with Gasteiger partial charge < -0.3 is 11.5 Å². The standard InChI is InChI=1S/C10H22N2/c11-9-5-1-2-6-10(12)7-3-4-8-10/h1-9,11-12H2. The summed E-state index contributed by atoms with van der Waals surface area (Å²) in [5.41, 5.74) is 11.8. The number of hydrogen-bond acceptors (Lipinski definition) is 2. The molecule has 0 radical (unpaired) electrons. The lowest BCUT2D eigenvalue weighted by Crippen LogP contribution is -2.36. The molecule has 1 aliphatic carbocycles. The number of rotatable bonds is 5. The Morgan fingerprint density at radius 3 is 2.25 bits per heavy atom. The Kier molecular flexibility index (Phi) is 4.02. The lowest BCUT2D eigenvalue weighted by Gasteiger charge is -2.23. The molecular weight excluding hydrogens is 148 g/mol. The van der Waals surface area contributed by atoms with Crippen LogP contribution in [0.15, 0.2) is 0 Å². The molecular formula is C10H22N2. The van der Waals surface area contributed by atoms with E-state index in [-0.39, 0.29) is 5.54 Å². The largest absolute Gasteiger partial charge is 0.330 e. The van der Waals surface area contributed by atoms with Gasteiger partial charge in [0.15, 0.2) is 0 Å². The van der Waals surface area contributed by atoms with Gasteiger partial charge in [0.05, 0.1) is 0 Å². The fraction of sp³-hybridized carbons (Fsp3) is 1.00. The summed E-state index contributed by atoms with van der Waals surface area (Å²) < 4.78 is 0. The Hall–Kier alpha value is -0.0800. The average molecular weight is 170 g/mol. The minimum atomic E-state index is 0.203. The molecule has 2 heteroatoms. The molecule has 0 atom stereocenters. The Morgan fingerprint density at radius 1 is 1.00 bits per heavy atom. The van der Waals surface area contributed by atoms with Crippen LogP contribution in [0.2, 0.25) is 0 Å². The second kappa shape index (κ2) is 4.83. The van der Waals surface area contributed by atoms with Gasteiger partial charge in [0.25, 0.3) is 0 Å². The van der Waals surface area contributed by atoms with Crippen molar-refractivity contribution in [3.63, 3.8) is 0 Å². The Labute approximate surface area is 75.7 Å². The van der Waals surface area contributed by atoms with E-state index in [2.05, 4.69) is 0 Å². The average Bonchev–Trinajstić information content (AvgIpc) is 2.47. The van der Waals surface area contributed by atoms with Gasteiger partial charge in [-0.15, -0.1) is 0 Å². The second-order valence-electron chi connectivity index (χ2n) is 4.17. The van der Waals surface area contributed by atoms with Gasteiger partial charge in [0, 0.05) is 5.54 Å². The van der Waals surface area contributed by atoms with Crippen molar-refractivity contribution in [1.82, 2.24) is 0 Å². The van der Waals surface area contributed by atoms with E-state index in [1.807, 2.05) is 0 Å². The minimum absolute atomic E-state index is 0.203. The maximum absolute atomic E-state index is 6.21. The maximum Gasteiger partial charge on any atom is 0.0154 e. The number of unbranched alkanes of at least 4 members (excludes halogenated alkanes) is 2. The molecule has 0 spiro atoms. The summed E-state index contributed by atoms with van der Waals surface area (Å²) >= 11 is 0. The molecule has 0 aromatic carbocycles. The second-order valence-corrected chi connectivity index (χ2v) is 4.17. The summed E-state index contributed by atoms with van der Waals surface area (Å²) in [6.45, 7) is 0.831. The van der Waals surface area contributed by atoms with E-state index in [9.17, 15) is 0 Å². The molecule has 0 saturated heterocycles. The molecule has 2 nitrogen and oxygen atoms in total. The third-order valence-electron chi connectivity index (χ3n) is 2.98. The Bertz CT molecular complexity index is 117. The highest BCUT2D eigenvalue weighted by atomic mass is 14.7. The highest BCUT2D eigenvalue weighted by Crippen LogP contribution is 2.31. The van der Waals surface area contributed by atoms with Crippen molar-refractivity contribution in [3.8, 4) is 0 Å². The van der Waals surface area contributed by atoms with Crippen LogP contribution in [0, 0.1) is 0 Å². The van der Waals surface area contributed by atoms with E-state index < -0.39 is 0 Å². The molecule has 0 unspecified atom stereocenters. The molecule has 12 heavy (non-hydrogen) atoms. The van der Waals surface area contributed by atoms with Crippen LogP contribution in [-0.4, -0.2) is 12.1 Å². The van der Waals surface area contributed by atoms with Crippen molar-refractivity contribution in [2.45, 2.75) is 56.9 Å². The van der Waals surface area contributed by atoms with Crippen molar-refractivity contribution in [3.05, 3.63) is 0 Å². The van der Waals surface area contributed by atoms with Gasteiger partial charge >= 0.3 is 0 Å². The smallest absolute Gasteiger partial charge is 0.0154 e. The van der Waals surface area contributed by atoms with E-state index in [1.165, 1.54) is 44.9 Å². The summed E-state index contributed by atoms with van der Waals surface area (Å²) in [7, 11) is 0. The van der Waals surface area contributed by atoms with E-state index in [0.717, 1.165) is 13.0 Å². The highest BCUT2D eigenvalue weighted by molar-refractivity contribution is 4.88. The Morgan fingerprint density at radius 2 is 1.67 bits per heavy atom.